The number of hydrogen-bond donors (Lipinski definition) is 0. The van der Waals surface area contributed by atoms with E-state index in [1.54, 1.807) is 4.70 Å². The molecule has 554 valence electrons. The fourth-order valence-corrected chi connectivity index (χ4v) is 14.4. The molecule has 1 heterocycles. The number of nitrogens with zero attached hydrogens (tertiary/aromatic N) is 2. The maximum Gasteiger partial charge on any atom is 2.00 e. The topological polar surface area (TPSA) is 25.3 Å². The van der Waals surface area contributed by atoms with Crippen LogP contribution in [0.2, 0.25) is 0 Å². The van der Waals surface area contributed by atoms with Gasteiger partial charge in [0.25, 0.3) is 0 Å². The van der Waals surface area contributed by atoms with Crippen LogP contribution in [0.25, 0.3) is 16.9 Å². The minimum atomic E-state index is 0. The number of hydrogen-bond acceptors (Lipinski definition) is 0. The molecule has 2 aromatic rings. The molecule has 0 bridgehead atoms. The molecule has 0 atom stereocenters. The molecule has 0 amide bonds. The summed E-state index contributed by atoms with van der Waals surface area (Å²) in [5.74, 6) is 0. The summed E-state index contributed by atoms with van der Waals surface area (Å²) in [4.78, 5) is 0. The van der Waals surface area contributed by atoms with Gasteiger partial charge in [0.05, 0.1) is 0 Å². The van der Waals surface area contributed by atoms with Gasteiger partial charge in [-0.2, -0.15) is 12.8 Å². The number of rotatable bonds is 68. The number of allylic oxidation sites excluding steroid dienone is 2. The Kier molecular flexibility index (Phi) is 73.1. The minimum Gasteiger partial charge on any atom is -0.493 e. The first-order chi connectivity index (χ1) is 46.5. The fourth-order valence-electron chi connectivity index (χ4n) is 14.4. The SMILES string of the molecule is CCCCCCCCC1=C(c2cccc(CCCC)c2)[N+](=[N-])C(c2cccc(CCCC)c2)=C1CCCCCC.[CH2-]CCCCCCCCCCCCCCCCCCCCCCCCCC.[CH2-]CCCCCCCCCCCCCCCCCCCCCCCCCC.[Ni+2]. The summed E-state index contributed by atoms with van der Waals surface area (Å²) in [6.45, 7) is 21.5. The van der Waals surface area contributed by atoms with E-state index in [2.05, 4.69) is 104 Å². The van der Waals surface area contributed by atoms with Crippen molar-refractivity contribution < 1.29 is 21.2 Å². The van der Waals surface area contributed by atoms with Crippen LogP contribution in [0.3, 0.4) is 0 Å². The Morgan fingerprint density at radius 3 is 0.642 bits per heavy atom. The average Bonchev–Trinajstić information content (AvgIpc) is 1.61. The van der Waals surface area contributed by atoms with Gasteiger partial charge in [0.1, 0.15) is 0 Å². The normalized spacial score (nSPS) is 12.2. The first-order valence-electron chi connectivity index (χ1n) is 43.2. The molecule has 0 saturated carbocycles. The zero-order valence-corrected chi connectivity index (χ0v) is 66.3. The quantitative estimate of drug-likeness (QED) is 0.0273. The molecule has 0 aliphatic carbocycles. The first kappa shape index (κ1) is 93.0. The van der Waals surface area contributed by atoms with Gasteiger partial charge < -0.3 is 19.4 Å². The van der Waals surface area contributed by atoms with Crippen molar-refractivity contribution in [2.24, 2.45) is 0 Å². The van der Waals surface area contributed by atoms with Crippen LogP contribution in [-0.4, -0.2) is 4.70 Å². The molecule has 0 fully saturated rings. The third-order valence-electron chi connectivity index (χ3n) is 20.7. The summed E-state index contributed by atoms with van der Waals surface area (Å²) in [7, 11) is 0. The zero-order chi connectivity index (χ0) is 67.9. The largest absolute Gasteiger partial charge is 2.00 e. The Labute approximate surface area is 608 Å². The van der Waals surface area contributed by atoms with Crippen LogP contribution >= 0.6 is 0 Å². The number of benzene rings is 2. The molecule has 3 heteroatoms. The van der Waals surface area contributed by atoms with E-state index in [9.17, 15) is 5.53 Å². The van der Waals surface area contributed by atoms with Crippen LogP contribution in [0.1, 0.15) is 488 Å². The fraction of sp³-hybridized carbons (Fsp3) is 0.804. The Hall–Kier alpha value is -1.99. The summed E-state index contributed by atoms with van der Waals surface area (Å²) < 4.78 is 1.58. The van der Waals surface area contributed by atoms with Crippen LogP contribution in [0.4, 0.5) is 0 Å². The molecule has 2 aromatic carbocycles. The predicted octanol–water partition coefficient (Wildman–Crippen LogP) is 33.4. The summed E-state index contributed by atoms with van der Waals surface area (Å²) in [5.41, 5.74) is 21.9. The molecule has 1 aliphatic heterocycles. The van der Waals surface area contributed by atoms with Gasteiger partial charge in [0.2, 0.25) is 11.4 Å². The van der Waals surface area contributed by atoms with E-state index in [-0.39, 0.29) is 16.5 Å². The standard InChI is InChI=1S/C38H56N2.2C27H55.Ni/c1-5-9-13-15-16-18-28-36-35(27-17-14-10-6-2)37(33-25-19-23-31(29-33)21-11-7-3)40(39)38(36)34-26-20-24-32(30-34)22-12-8-4;2*1-3-5-7-9-11-13-15-17-19-21-23-25-27-26-24-22-20-18-16-14-12-10-8-6-4-2;/h19-20,23-26,29-30H,5-18,21-22,27-28H2,1-4H3;2*1,3-27H2,2H3;/q;2*-1;+2. The third kappa shape index (κ3) is 55.4. The van der Waals surface area contributed by atoms with Gasteiger partial charge in [-0.05, 0) is 86.8 Å². The molecule has 0 radical (unpaired) electrons. The van der Waals surface area contributed by atoms with Crippen molar-refractivity contribution in [1.29, 1.82) is 0 Å². The van der Waals surface area contributed by atoms with E-state index >= 15 is 0 Å². The zero-order valence-electron chi connectivity index (χ0n) is 65.3. The molecule has 2 nitrogen and oxygen atoms in total. The second kappa shape index (κ2) is 74.7. The van der Waals surface area contributed by atoms with Crippen molar-refractivity contribution in [2.75, 3.05) is 0 Å². The summed E-state index contributed by atoms with van der Waals surface area (Å²) in [5, 5.41) is 0. The second-order valence-corrected chi connectivity index (χ2v) is 29.9. The van der Waals surface area contributed by atoms with Crippen LogP contribution in [0.15, 0.2) is 59.7 Å². The second-order valence-electron chi connectivity index (χ2n) is 29.9. The van der Waals surface area contributed by atoms with Crippen molar-refractivity contribution in [1.82, 2.24) is 0 Å². The van der Waals surface area contributed by atoms with Gasteiger partial charge in [0.15, 0.2) is 0 Å². The average molecular weight is 1360 g/mol. The Morgan fingerprint density at radius 1 is 0.242 bits per heavy atom. The molecule has 3 rings (SSSR count). The molecule has 0 unspecified atom stereocenters. The third-order valence-corrected chi connectivity index (χ3v) is 20.7. The van der Waals surface area contributed by atoms with Crippen LogP contribution in [-0.2, 0) is 29.3 Å². The van der Waals surface area contributed by atoms with E-state index < -0.39 is 0 Å². The molecular weight excluding hydrogens is 1190 g/mol. The Bertz CT molecular complexity index is 1860. The summed E-state index contributed by atoms with van der Waals surface area (Å²) in [6.07, 6.45) is 94.3. The van der Waals surface area contributed by atoms with E-state index in [0.717, 1.165) is 49.9 Å². The predicted molar refractivity (Wildman–Crippen MR) is 427 cm³/mol. The van der Waals surface area contributed by atoms with Gasteiger partial charge in [-0.3, -0.25) is 0 Å². The van der Waals surface area contributed by atoms with E-state index in [4.69, 9.17) is 0 Å². The maximum absolute atomic E-state index is 12.0. The molecule has 95 heavy (non-hydrogen) atoms. The van der Waals surface area contributed by atoms with E-state index in [1.807, 2.05) is 0 Å². The van der Waals surface area contributed by atoms with Crippen molar-refractivity contribution in [3.63, 3.8) is 0 Å². The van der Waals surface area contributed by atoms with Gasteiger partial charge in [-0.1, -0.05) is 438 Å². The summed E-state index contributed by atoms with van der Waals surface area (Å²) >= 11 is 0. The minimum absolute atomic E-state index is 0. The van der Waals surface area contributed by atoms with Gasteiger partial charge >= 0.3 is 16.5 Å². The smallest absolute Gasteiger partial charge is 0.493 e. The van der Waals surface area contributed by atoms with Crippen LogP contribution in [0.5, 0.6) is 0 Å². The molecule has 0 spiro atoms. The van der Waals surface area contributed by atoms with Crippen molar-refractivity contribution in [3.05, 3.63) is 101 Å². The molecular formula is C92H166N2Ni. The Morgan fingerprint density at radius 2 is 0.432 bits per heavy atom. The van der Waals surface area contributed by atoms with Gasteiger partial charge in [0, 0.05) is 22.3 Å². The van der Waals surface area contributed by atoms with E-state index in [1.165, 1.54) is 431 Å². The Balaban J connectivity index is 0.00000144. The monoisotopic (exact) mass is 1360 g/mol. The summed E-state index contributed by atoms with van der Waals surface area (Å²) in [6, 6.07) is 18.0. The number of aryl methyl sites for hydroxylation is 2. The maximum atomic E-state index is 12.0. The van der Waals surface area contributed by atoms with Crippen molar-refractivity contribution in [3.8, 4) is 0 Å². The van der Waals surface area contributed by atoms with Gasteiger partial charge in [-0.15, -0.1) is 0 Å². The number of unbranched alkanes of at least 4 members (excludes halogenated alkanes) is 58. The molecule has 1 aliphatic rings. The van der Waals surface area contributed by atoms with Crippen molar-refractivity contribution >= 4 is 11.4 Å². The molecule has 0 saturated heterocycles. The van der Waals surface area contributed by atoms with E-state index in [0.29, 0.717) is 0 Å². The first-order valence-corrected chi connectivity index (χ1v) is 43.2. The van der Waals surface area contributed by atoms with Crippen LogP contribution < -0.4 is 0 Å². The van der Waals surface area contributed by atoms with Gasteiger partial charge in [-0.25, -0.2) is 4.70 Å². The molecule has 0 N–H and O–H groups in total. The molecule has 0 aromatic heterocycles. The van der Waals surface area contributed by atoms with Crippen LogP contribution in [0, 0.1) is 13.8 Å². The van der Waals surface area contributed by atoms with Crippen molar-refractivity contribution in [2.45, 2.75) is 478 Å².